The van der Waals surface area contributed by atoms with Crippen molar-refractivity contribution < 1.29 is 14.1 Å². The van der Waals surface area contributed by atoms with E-state index < -0.39 is 0 Å². The van der Waals surface area contributed by atoms with E-state index in [1.807, 2.05) is 36.6 Å². The molecular weight excluding hydrogens is 384 g/mol. The van der Waals surface area contributed by atoms with Gasteiger partial charge in [-0.1, -0.05) is 24.6 Å². The highest BCUT2D eigenvalue weighted by Crippen LogP contribution is 2.22. The maximum Gasteiger partial charge on any atom is 0.279 e. The fraction of sp³-hybridized carbons (Fsp3) is 0.316. The topological polar surface area (TPSA) is 72.5 Å². The van der Waals surface area contributed by atoms with Crippen molar-refractivity contribution in [3.8, 4) is 10.8 Å². The molecule has 1 unspecified atom stereocenters. The van der Waals surface area contributed by atoms with Crippen LogP contribution in [0.3, 0.4) is 0 Å². The molecule has 2 heterocycles. The van der Waals surface area contributed by atoms with Crippen molar-refractivity contribution in [2.75, 3.05) is 18.4 Å². The molecule has 1 aromatic carbocycles. The van der Waals surface area contributed by atoms with E-state index >= 15 is 0 Å². The van der Waals surface area contributed by atoms with Gasteiger partial charge in [-0.05, 0) is 48.6 Å². The second kappa shape index (κ2) is 9.12. The minimum Gasteiger partial charge on any atom is -0.414 e. The molecular formula is C19H22ClN4O2S+. The molecule has 142 valence electrons. The zero-order valence-corrected chi connectivity index (χ0v) is 16.9. The summed E-state index contributed by atoms with van der Waals surface area (Å²) in [4.78, 5) is 14.5. The lowest BCUT2D eigenvalue weighted by Gasteiger charge is -2.17. The van der Waals surface area contributed by atoms with E-state index in [0.29, 0.717) is 29.9 Å². The Morgan fingerprint density at radius 2 is 2.19 bits per heavy atom. The predicted molar refractivity (Wildman–Crippen MR) is 107 cm³/mol. The number of carbonyl (C=O) groups excluding carboxylic acids is 1. The van der Waals surface area contributed by atoms with Gasteiger partial charge in [-0.25, -0.2) is 0 Å². The lowest BCUT2D eigenvalue weighted by Crippen LogP contribution is -3.11. The molecule has 0 aliphatic heterocycles. The molecule has 0 bridgehead atoms. The first kappa shape index (κ1) is 19.5. The summed E-state index contributed by atoms with van der Waals surface area (Å²) in [5.41, 5.74) is 1.71. The molecule has 0 spiro atoms. The lowest BCUT2D eigenvalue weighted by atomic mass is 10.2. The number of aromatic nitrogens is 2. The van der Waals surface area contributed by atoms with E-state index in [9.17, 15) is 4.79 Å². The quantitative estimate of drug-likeness (QED) is 0.603. The van der Waals surface area contributed by atoms with Crippen LogP contribution in [0, 0.1) is 6.92 Å². The standard InChI is InChI=1S/C19H21ClN4O2S/c1-3-8-24(11-17(25)21-15-7-6-14(20)10-13(15)2)12-18-22-23-19(26-18)16-5-4-9-27-16/h4-7,9-10H,3,8,11-12H2,1-2H3,(H,21,25)/p+1. The first-order chi connectivity index (χ1) is 13.0. The van der Waals surface area contributed by atoms with Gasteiger partial charge >= 0.3 is 0 Å². The number of quaternary nitrogens is 1. The summed E-state index contributed by atoms with van der Waals surface area (Å²) in [5, 5.41) is 13.8. The number of amides is 1. The fourth-order valence-electron chi connectivity index (χ4n) is 2.82. The normalized spacial score (nSPS) is 12.1. The summed E-state index contributed by atoms with van der Waals surface area (Å²) in [7, 11) is 0. The first-order valence-corrected chi connectivity index (χ1v) is 10.1. The number of benzene rings is 1. The van der Waals surface area contributed by atoms with Crippen LogP contribution in [0.2, 0.25) is 5.02 Å². The van der Waals surface area contributed by atoms with Gasteiger partial charge in [-0.3, -0.25) is 4.79 Å². The molecule has 27 heavy (non-hydrogen) atoms. The molecule has 3 aromatic rings. The van der Waals surface area contributed by atoms with Crippen LogP contribution in [-0.2, 0) is 11.3 Å². The SMILES string of the molecule is CCC[NH+](CC(=O)Nc1ccc(Cl)cc1C)Cc1nnc(-c2cccs2)o1. The van der Waals surface area contributed by atoms with Crippen LogP contribution < -0.4 is 10.2 Å². The minimum atomic E-state index is -0.0538. The average Bonchev–Trinajstić information content (AvgIpc) is 3.29. The second-order valence-corrected chi connectivity index (χ2v) is 7.72. The number of hydrogen-bond donors (Lipinski definition) is 2. The van der Waals surface area contributed by atoms with Crippen LogP contribution in [0.4, 0.5) is 5.69 Å². The Morgan fingerprint density at radius 3 is 2.89 bits per heavy atom. The van der Waals surface area contributed by atoms with Gasteiger partial charge in [-0.2, -0.15) is 0 Å². The second-order valence-electron chi connectivity index (χ2n) is 6.34. The van der Waals surface area contributed by atoms with Gasteiger partial charge in [0.2, 0.25) is 0 Å². The van der Waals surface area contributed by atoms with Crippen LogP contribution in [-0.4, -0.2) is 29.2 Å². The number of thiophene rings is 1. The summed E-state index contributed by atoms with van der Waals surface area (Å²) < 4.78 is 5.76. The molecule has 2 N–H and O–H groups in total. The fourth-order valence-corrected chi connectivity index (χ4v) is 3.69. The Labute approximate surface area is 167 Å². The number of rotatable bonds is 8. The van der Waals surface area contributed by atoms with Crippen LogP contribution in [0.1, 0.15) is 24.8 Å². The van der Waals surface area contributed by atoms with Crippen molar-refractivity contribution in [2.45, 2.75) is 26.8 Å². The zero-order chi connectivity index (χ0) is 19.2. The van der Waals surface area contributed by atoms with Gasteiger partial charge in [-0.15, -0.1) is 21.5 Å². The van der Waals surface area contributed by atoms with Gasteiger partial charge in [0, 0.05) is 10.7 Å². The number of nitrogens with one attached hydrogen (secondary N) is 2. The third-order valence-electron chi connectivity index (χ3n) is 4.08. The number of carbonyl (C=O) groups is 1. The highest BCUT2D eigenvalue weighted by atomic mass is 35.5. The molecule has 0 radical (unpaired) electrons. The lowest BCUT2D eigenvalue weighted by molar-refractivity contribution is -0.907. The third-order valence-corrected chi connectivity index (χ3v) is 5.17. The van der Waals surface area contributed by atoms with Crippen LogP contribution in [0.15, 0.2) is 40.1 Å². The van der Waals surface area contributed by atoms with Crippen molar-refractivity contribution in [2.24, 2.45) is 0 Å². The van der Waals surface area contributed by atoms with Gasteiger partial charge in [0.1, 0.15) is 0 Å². The van der Waals surface area contributed by atoms with E-state index in [2.05, 4.69) is 22.4 Å². The highest BCUT2D eigenvalue weighted by molar-refractivity contribution is 7.13. The zero-order valence-electron chi connectivity index (χ0n) is 15.3. The van der Waals surface area contributed by atoms with Crippen LogP contribution >= 0.6 is 22.9 Å². The van der Waals surface area contributed by atoms with Crippen LogP contribution in [0.5, 0.6) is 0 Å². The van der Waals surface area contributed by atoms with Gasteiger partial charge < -0.3 is 14.6 Å². The molecule has 3 rings (SSSR count). The van der Waals surface area contributed by atoms with Crippen molar-refractivity contribution in [3.05, 3.63) is 52.2 Å². The largest absolute Gasteiger partial charge is 0.414 e. The Balaban J connectivity index is 1.62. The molecule has 0 saturated carbocycles. The predicted octanol–water partition coefficient (Wildman–Crippen LogP) is 3.19. The van der Waals surface area contributed by atoms with Crippen molar-refractivity contribution in [1.82, 2.24) is 10.2 Å². The molecule has 0 saturated heterocycles. The summed E-state index contributed by atoms with van der Waals surface area (Å²) in [5.74, 6) is 1.01. The molecule has 2 aromatic heterocycles. The number of halogens is 1. The van der Waals surface area contributed by atoms with E-state index in [-0.39, 0.29) is 5.91 Å². The smallest absolute Gasteiger partial charge is 0.279 e. The minimum absolute atomic E-state index is 0.0538. The molecule has 8 heteroatoms. The Hall–Kier alpha value is -2.22. The monoisotopic (exact) mass is 405 g/mol. The summed E-state index contributed by atoms with van der Waals surface area (Å²) in [6.07, 6.45) is 0.953. The number of hydrogen-bond acceptors (Lipinski definition) is 5. The summed E-state index contributed by atoms with van der Waals surface area (Å²) >= 11 is 7.53. The molecule has 0 fully saturated rings. The van der Waals surface area contributed by atoms with Gasteiger partial charge in [0.15, 0.2) is 13.1 Å². The van der Waals surface area contributed by atoms with E-state index in [1.54, 1.807) is 17.4 Å². The maximum absolute atomic E-state index is 12.5. The molecule has 6 nitrogen and oxygen atoms in total. The number of nitrogens with zero attached hydrogens (tertiary/aromatic N) is 2. The first-order valence-electron chi connectivity index (χ1n) is 8.81. The van der Waals surface area contributed by atoms with Crippen molar-refractivity contribution in [3.63, 3.8) is 0 Å². The Morgan fingerprint density at radius 1 is 1.33 bits per heavy atom. The number of aryl methyl sites for hydroxylation is 1. The Kier molecular flexibility index (Phi) is 6.60. The average molecular weight is 406 g/mol. The molecule has 0 aliphatic carbocycles. The molecule has 1 atom stereocenters. The van der Waals surface area contributed by atoms with Gasteiger partial charge in [0.05, 0.1) is 11.4 Å². The van der Waals surface area contributed by atoms with E-state index in [4.69, 9.17) is 16.0 Å². The van der Waals surface area contributed by atoms with E-state index in [1.165, 1.54) is 0 Å². The van der Waals surface area contributed by atoms with Crippen LogP contribution in [0.25, 0.3) is 10.8 Å². The van der Waals surface area contributed by atoms with Crippen molar-refractivity contribution >= 4 is 34.5 Å². The van der Waals surface area contributed by atoms with E-state index in [0.717, 1.165) is 34.0 Å². The Bertz CT molecular complexity index is 895. The summed E-state index contributed by atoms with van der Waals surface area (Å²) in [6.45, 7) is 5.68. The molecule has 0 aliphatic rings. The van der Waals surface area contributed by atoms with Gasteiger partial charge in [0.25, 0.3) is 17.7 Å². The number of anilines is 1. The maximum atomic E-state index is 12.5. The van der Waals surface area contributed by atoms with Crippen molar-refractivity contribution in [1.29, 1.82) is 0 Å². The highest BCUT2D eigenvalue weighted by Gasteiger charge is 2.19. The third kappa shape index (κ3) is 5.38. The summed E-state index contributed by atoms with van der Waals surface area (Å²) in [6, 6.07) is 9.31. The molecule has 1 amide bonds.